The van der Waals surface area contributed by atoms with E-state index in [-0.39, 0.29) is 0 Å². The molecule has 0 amide bonds. The largest absolute Gasteiger partial charge is 0.367 e. The number of rotatable bonds is 4. The SMILES string of the molecule is Cc1ccccc1-c1ccc2nc(-n3cccn3)nc(NC3CC3)c2c1. The van der Waals surface area contributed by atoms with Gasteiger partial charge in [0.05, 0.1) is 5.52 Å². The van der Waals surface area contributed by atoms with Gasteiger partial charge in [-0.05, 0) is 54.7 Å². The Morgan fingerprint density at radius 2 is 1.92 bits per heavy atom. The highest BCUT2D eigenvalue weighted by Gasteiger charge is 2.23. The fourth-order valence-corrected chi connectivity index (χ4v) is 3.20. The highest BCUT2D eigenvalue weighted by molar-refractivity contribution is 5.93. The van der Waals surface area contributed by atoms with Crippen molar-refractivity contribution in [1.29, 1.82) is 0 Å². The second kappa shape index (κ2) is 5.95. The molecule has 0 saturated heterocycles. The lowest BCUT2D eigenvalue weighted by molar-refractivity contribution is 0.815. The summed E-state index contributed by atoms with van der Waals surface area (Å²) in [6, 6.07) is 17.2. The Morgan fingerprint density at radius 1 is 1.04 bits per heavy atom. The van der Waals surface area contributed by atoms with Gasteiger partial charge in [0.25, 0.3) is 5.95 Å². The maximum absolute atomic E-state index is 4.76. The number of hydrogen-bond donors (Lipinski definition) is 1. The molecule has 0 spiro atoms. The van der Waals surface area contributed by atoms with E-state index in [2.05, 4.69) is 59.8 Å². The summed E-state index contributed by atoms with van der Waals surface area (Å²) in [6.07, 6.45) is 5.99. The minimum Gasteiger partial charge on any atom is -0.367 e. The minimum atomic E-state index is 0.515. The molecule has 0 atom stereocenters. The minimum absolute atomic E-state index is 0.515. The molecule has 2 aromatic carbocycles. The number of nitrogens with zero attached hydrogens (tertiary/aromatic N) is 4. The van der Waals surface area contributed by atoms with E-state index in [1.54, 1.807) is 10.9 Å². The number of fused-ring (bicyclic) bond motifs is 1. The van der Waals surface area contributed by atoms with Gasteiger partial charge in [-0.25, -0.2) is 9.67 Å². The Labute approximate surface area is 151 Å². The molecule has 5 nitrogen and oxygen atoms in total. The maximum atomic E-state index is 4.76. The first-order valence-electron chi connectivity index (χ1n) is 8.92. The molecular weight excluding hydrogens is 322 g/mol. The van der Waals surface area contributed by atoms with Crippen molar-refractivity contribution in [3.8, 4) is 17.1 Å². The van der Waals surface area contributed by atoms with Crippen LogP contribution in [0.1, 0.15) is 18.4 Å². The summed E-state index contributed by atoms with van der Waals surface area (Å²) in [5, 5.41) is 8.88. The number of anilines is 1. The molecule has 0 aliphatic heterocycles. The van der Waals surface area contributed by atoms with Gasteiger partial charge in [-0.15, -0.1) is 0 Å². The predicted molar refractivity (Wildman–Crippen MR) is 103 cm³/mol. The number of hydrogen-bond acceptors (Lipinski definition) is 4. The lowest BCUT2D eigenvalue weighted by atomic mass is 9.99. The van der Waals surface area contributed by atoms with Crippen molar-refractivity contribution in [1.82, 2.24) is 19.7 Å². The van der Waals surface area contributed by atoms with E-state index in [4.69, 9.17) is 9.97 Å². The van der Waals surface area contributed by atoms with Gasteiger partial charge in [0.1, 0.15) is 5.82 Å². The molecule has 5 rings (SSSR count). The molecule has 1 fully saturated rings. The van der Waals surface area contributed by atoms with Crippen molar-refractivity contribution in [3.63, 3.8) is 0 Å². The van der Waals surface area contributed by atoms with Crippen molar-refractivity contribution in [2.45, 2.75) is 25.8 Å². The summed E-state index contributed by atoms with van der Waals surface area (Å²) >= 11 is 0. The number of aromatic nitrogens is 4. The zero-order valence-electron chi connectivity index (χ0n) is 14.6. The predicted octanol–water partition coefficient (Wildman–Crippen LogP) is 4.37. The van der Waals surface area contributed by atoms with Crippen LogP contribution in [0.3, 0.4) is 0 Å². The van der Waals surface area contributed by atoms with Crippen LogP contribution in [0, 0.1) is 6.92 Å². The first kappa shape index (κ1) is 15.1. The molecule has 1 saturated carbocycles. The third-order valence-electron chi connectivity index (χ3n) is 4.77. The topological polar surface area (TPSA) is 55.6 Å². The molecule has 4 aromatic rings. The zero-order chi connectivity index (χ0) is 17.5. The van der Waals surface area contributed by atoms with E-state index >= 15 is 0 Å². The molecular formula is C21H19N5. The second-order valence-corrected chi connectivity index (χ2v) is 6.79. The van der Waals surface area contributed by atoms with E-state index in [1.165, 1.54) is 29.5 Å². The van der Waals surface area contributed by atoms with E-state index in [9.17, 15) is 0 Å². The van der Waals surface area contributed by atoms with Crippen LogP contribution >= 0.6 is 0 Å². The molecule has 1 aliphatic rings. The average Bonchev–Trinajstić information content (AvgIpc) is 3.30. The zero-order valence-corrected chi connectivity index (χ0v) is 14.6. The lowest BCUT2D eigenvalue weighted by Crippen LogP contribution is -2.09. The standard InChI is InChI=1S/C21H19N5/c1-14-5-2-3-6-17(14)15-7-10-19-18(13-15)20(23-16-8-9-16)25-21(24-19)26-12-4-11-22-26/h2-7,10-13,16H,8-9H2,1H3,(H,23,24,25). The molecule has 5 heteroatoms. The summed E-state index contributed by atoms with van der Waals surface area (Å²) in [7, 11) is 0. The summed E-state index contributed by atoms with van der Waals surface area (Å²) in [4.78, 5) is 9.47. The van der Waals surface area contributed by atoms with Crippen LogP contribution < -0.4 is 5.32 Å². The van der Waals surface area contributed by atoms with E-state index in [1.807, 2.05) is 12.3 Å². The molecule has 0 bridgehead atoms. The third-order valence-corrected chi connectivity index (χ3v) is 4.77. The van der Waals surface area contributed by atoms with Gasteiger partial charge in [-0.2, -0.15) is 10.1 Å². The smallest absolute Gasteiger partial charge is 0.253 e. The van der Waals surface area contributed by atoms with Gasteiger partial charge >= 0.3 is 0 Å². The van der Waals surface area contributed by atoms with Crippen LogP contribution in [0.5, 0.6) is 0 Å². The highest BCUT2D eigenvalue weighted by Crippen LogP contribution is 2.32. The Bertz CT molecular complexity index is 1080. The fourth-order valence-electron chi connectivity index (χ4n) is 3.20. The van der Waals surface area contributed by atoms with Gasteiger partial charge in [-0.1, -0.05) is 30.3 Å². The van der Waals surface area contributed by atoms with Gasteiger partial charge in [0.2, 0.25) is 0 Å². The second-order valence-electron chi connectivity index (χ2n) is 6.79. The van der Waals surface area contributed by atoms with Crippen molar-refractivity contribution in [3.05, 3.63) is 66.5 Å². The Morgan fingerprint density at radius 3 is 2.69 bits per heavy atom. The number of aryl methyl sites for hydroxylation is 1. The molecule has 0 unspecified atom stereocenters. The molecule has 2 heterocycles. The molecule has 1 aliphatic carbocycles. The van der Waals surface area contributed by atoms with E-state index < -0.39 is 0 Å². The van der Waals surface area contributed by atoms with Crippen molar-refractivity contribution in [2.24, 2.45) is 0 Å². The molecule has 1 N–H and O–H groups in total. The number of benzene rings is 2. The summed E-state index contributed by atoms with van der Waals surface area (Å²) in [5.41, 5.74) is 4.61. The molecule has 0 radical (unpaired) electrons. The van der Waals surface area contributed by atoms with Crippen LogP contribution in [-0.4, -0.2) is 25.8 Å². The number of nitrogens with one attached hydrogen (secondary N) is 1. The quantitative estimate of drug-likeness (QED) is 0.599. The summed E-state index contributed by atoms with van der Waals surface area (Å²) < 4.78 is 1.70. The Kier molecular flexibility index (Phi) is 3.45. The van der Waals surface area contributed by atoms with Crippen LogP contribution in [0.25, 0.3) is 28.0 Å². The van der Waals surface area contributed by atoms with E-state index in [0.717, 1.165) is 16.7 Å². The monoisotopic (exact) mass is 341 g/mol. The summed E-state index contributed by atoms with van der Waals surface area (Å²) in [5.74, 6) is 1.48. The first-order chi connectivity index (χ1) is 12.8. The van der Waals surface area contributed by atoms with Crippen molar-refractivity contribution in [2.75, 3.05) is 5.32 Å². The van der Waals surface area contributed by atoms with E-state index in [0.29, 0.717) is 12.0 Å². The highest BCUT2D eigenvalue weighted by atomic mass is 15.3. The molecule has 2 aromatic heterocycles. The first-order valence-corrected chi connectivity index (χ1v) is 8.92. The normalized spacial score (nSPS) is 13.9. The van der Waals surface area contributed by atoms with Crippen molar-refractivity contribution >= 4 is 16.7 Å². The molecule has 26 heavy (non-hydrogen) atoms. The van der Waals surface area contributed by atoms with Crippen molar-refractivity contribution < 1.29 is 0 Å². The average molecular weight is 341 g/mol. The van der Waals surface area contributed by atoms with Gasteiger partial charge in [-0.3, -0.25) is 0 Å². The van der Waals surface area contributed by atoms with Crippen LogP contribution in [0.4, 0.5) is 5.82 Å². The van der Waals surface area contributed by atoms with Gasteiger partial charge < -0.3 is 5.32 Å². The van der Waals surface area contributed by atoms with Gasteiger partial charge in [0.15, 0.2) is 0 Å². The van der Waals surface area contributed by atoms with Gasteiger partial charge in [0, 0.05) is 23.8 Å². The fraction of sp³-hybridized carbons (Fsp3) is 0.190. The third kappa shape index (κ3) is 2.71. The van der Waals surface area contributed by atoms with Crippen LogP contribution in [-0.2, 0) is 0 Å². The maximum Gasteiger partial charge on any atom is 0.253 e. The summed E-state index contributed by atoms with van der Waals surface area (Å²) in [6.45, 7) is 2.14. The lowest BCUT2D eigenvalue weighted by Gasteiger charge is -2.12. The molecule has 128 valence electrons. The van der Waals surface area contributed by atoms with Crippen LogP contribution in [0.2, 0.25) is 0 Å². The van der Waals surface area contributed by atoms with Crippen LogP contribution in [0.15, 0.2) is 60.9 Å². The Hall–Kier alpha value is -3.21. The Balaban J connectivity index is 1.69.